The van der Waals surface area contributed by atoms with Crippen molar-refractivity contribution in [1.82, 2.24) is 9.97 Å². The molecule has 19 heavy (non-hydrogen) atoms. The molecular weight excluding hydrogens is 293 g/mol. The van der Waals surface area contributed by atoms with Crippen LogP contribution in [0.3, 0.4) is 0 Å². The van der Waals surface area contributed by atoms with E-state index in [1.807, 2.05) is 19.2 Å². The van der Waals surface area contributed by atoms with Gasteiger partial charge in [-0.3, -0.25) is 0 Å². The van der Waals surface area contributed by atoms with Crippen LogP contribution in [-0.4, -0.2) is 23.2 Å². The Bertz CT molecular complexity index is 704. The van der Waals surface area contributed by atoms with E-state index >= 15 is 0 Å². The molecule has 2 aromatic rings. The average molecular weight is 318 g/mol. The monoisotopic (exact) mass is 319 g/mol. The number of hydrogen-bond acceptors (Lipinski definition) is 2. The van der Waals surface area contributed by atoms with Gasteiger partial charge in [0.2, 0.25) is 0 Å². The molecule has 0 saturated heterocycles. The molecule has 0 aromatic carbocycles. The molecule has 2 heterocycles. The molecule has 0 spiro atoms. The van der Waals surface area contributed by atoms with Crippen molar-refractivity contribution in [2.45, 2.75) is 38.0 Å². The zero-order chi connectivity index (χ0) is 16.7. The minimum atomic E-state index is -2.17. The van der Waals surface area contributed by atoms with E-state index in [-0.39, 0.29) is 5.69 Å². The summed E-state index contributed by atoms with van der Waals surface area (Å²) in [6, 6.07) is 5.47. The van der Waals surface area contributed by atoms with Gasteiger partial charge in [0, 0.05) is 0 Å². The van der Waals surface area contributed by atoms with Crippen molar-refractivity contribution in [2.75, 3.05) is 0 Å². The molecule has 0 unspecified atom stereocenters. The molecule has 0 atom stereocenters. The molecule has 2 rings (SSSR count). The summed E-state index contributed by atoms with van der Waals surface area (Å²) < 4.78 is 23.7. The first-order chi connectivity index (χ1) is 10.00. The predicted octanol–water partition coefficient (Wildman–Crippen LogP) is 3.61. The second kappa shape index (κ2) is 5.08. The van der Waals surface area contributed by atoms with Gasteiger partial charge in [-0.1, -0.05) is 0 Å². The van der Waals surface area contributed by atoms with Gasteiger partial charge < -0.3 is 0 Å². The first-order valence-electron chi connectivity index (χ1n) is 7.96. The molecule has 0 fully saturated rings. The summed E-state index contributed by atoms with van der Waals surface area (Å²) in [6.07, 6.45) is 1.99. The first-order valence-corrected chi connectivity index (χ1v) is 13.8. The summed E-state index contributed by atoms with van der Waals surface area (Å²) in [5, 5.41) is 0. The summed E-state index contributed by atoms with van der Waals surface area (Å²) in [4.78, 5) is 8.83. The third kappa shape index (κ3) is 3.06. The fourth-order valence-corrected chi connectivity index (χ4v) is 5.90. The van der Waals surface area contributed by atoms with E-state index in [4.69, 9.17) is 4.11 Å². The van der Waals surface area contributed by atoms with E-state index < -0.39 is 20.1 Å². The Morgan fingerprint density at radius 3 is 2.42 bits per heavy atom. The van der Waals surface area contributed by atoms with Crippen LogP contribution in [0.15, 0.2) is 24.4 Å². The van der Waals surface area contributed by atoms with E-state index in [1.54, 1.807) is 6.07 Å². The summed E-state index contributed by atoms with van der Waals surface area (Å²) in [5.41, 5.74) is 3.84. The van der Waals surface area contributed by atoms with E-state index in [0.29, 0.717) is 5.69 Å². The molecule has 0 aliphatic rings. The van der Waals surface area contributed by atoms with Crippen LogP contribution in [0.4, 0.5) is 0 Å². The molecule has 0 saturated carbocycles. The fraction of sp³-hybridized carbons (Fsp3) is 0.375. The van der Waals surface area contributed by atoms with Crippen molar-refractivity contribution < 1.29 is 4.11 Å². The number of aromatic nitrogens is 2. The normalized spacial score (nSPS) is 14.7. The fourth-order valence-electron chi connectivity index (χ4n) is 2.32. The van der Waals surface area contributed by atoms with Gasteiger partial charge in [-0.2, -0.15) is 0 Å². The number of pyridine rings is 2. The Hall–Kier alpha value is -1.16. The Morgan fingerprint density at radius 2 is 1.89 bits per heavy atom. The third-order valence-electron chi connectivity index (χ3n) is 3.28. The summed E-state index contributed by atoms with van der Waals surface area (Å²) in [5.74, 6) is 7.05. The second-order valence-corrected chi connectivity index (χ2v) is 16.5. The van der Waals surface area contributed by atoms with Crippen molar-refractivity contribution in [3.63, 3.8) is 0 Å². The SMILES string of the molecule is [2H]C([2H])([2H])c1ccc(-c2cc(C)[c]([Ge]([CH3])([CH3])[CH3])cn2)c(C)n1. The van der Waals surface area contributed by atoms with E-state index in [9.17, 15) is 0 Å². The zero-order valence-electron chi connectivity index (χ0n) is 15.2. The van der Waals surface area contributed by atoms with Crippen LogP contribution in [0.1, 0.15) is 21.1 Å². The van der Waals surface area contributed by atoms with Crippen LogP contribution in [0.25, 0.3) is 11.3 Å². The van der Waals surface area contributed by atoms with E-state index in [2.05, 4.69) is 40.2 Å². The molecule has 0 N–H and O–H groups in total. The quantitative estimate of drug-likeness (QED) is 0.791. The van der Waals surface area contributed by atoms with Gasteiger partial charge >= 0.3 is 122 Å². The van der Waals surface area contributed by atoms with Gasteiger partial charge in [-0.15, -0.1) is 0 Å². The summed E-state index contributed by atoms with van der Waals surface area (Å²) >= 11 is -1.91. The molecule has 0 aliphatic heterocycles. The molecule has 0 radical (unpaired) electrons. The van der Waals surface area contributed by atoms with Crippen LogP contribution < -0.4 is 4.40 Å². The van der Waals surface area contributed by atoms with Crippen molar-refractivity contribution in [3.8, 4) is 11.3 Å². The van der Waals surface area contributed by atoms with Crippen LogP contribution in [0.5, 0.6) is 0 Å². The summed E-state index contributed by atoms with van der Waals surface area (Å²) in [6.45, 7) is 1.78. The number of nitrogens with zero attached hydrogens (tertiary/aromatic N) is 2. The maximum absolute atomic E-state index is 7.44. The molecule has 3 heteroatoms. The Kier molecular flexibility index (Phi) is 2.84. The minimum absolute atomic E-state index is 0.131. The topological polar surface area (TPSA) is 25.8 Å². The molecule has 100 valence electrons. The third-order valence-corrected chi connectivity index (χ3v) is 7.77. The Labute approximate surface area is 122 Å². The van der Waals surface area contributed by atoms with Crippen LogP contribution in [0, 0.1) is 20.7 Å². The van der Waals surface area contributed by atoms with Crippen LogP contribution >= 0.6 is 0 Å². The Balaban J connectivity index is 2.47. The average Bonchev–Trinajstić information content (AvgIpc) is 2.35. The Morgan fingerprint density at radius 1 is 1.16 bits per heavy atom. The van der Waals surface area contributed by atoms with Gasteiger partial charge in [-0.05, 0) is 0 Å². The number of rotatable bonds is 2. The number of aryl methyl sites for hydroxylation is 3. The molecule has 0 amide bonds. The van der Waals surface area contributed by atoms with Crippen molar-refractivity contribution in [1.29, 1.82) is 0 Å². The van der Waals surface area contributed by atoms with Gasteiger partial charge in [0.05, 0.1) is 0 Å². The van der Waals surface area contributed by atoms with Crippen LogP contribution in [0.2, 0.25) is 17.3 Å². The molecule has 0 aliphatic carbocycles. The molecule has 0 bridgehead atoms. The predicted molar refractivity (Wildman–Crippen MR) is 84.7 cm³/mol. The number of hydrogen-bond donors (Lipinski definition) is 0. The van der Waals surface area contributed by atoms with Gasteiger partial charge in [0.1, 0.15) is 0 Å². The molecular formula is C16H22GeN2. The van der Waals surface area contributed by atoms with E-state index in [0.717, 1.165) is 11.3 Å². The molecule has 2 nitrogen and oxygen atoms in total. The first kappa shape index (κ1) is 10.6. The zero-order valence-corrected chi connectivity index (χ0v) is 14.3. The van der Waals surface area contributed by atoms with Gasteiger partial charge in [-0.25, -0.2) is 0 Å². The summed E-state index contributed by atoms with van der Waals surface area (Å²) in [7, 11) is 0. The van der Waals surface area contributed by atoms with Crippen molar-refractivity contribution >= 4 is 17.7 Å². The van der Waals surface area contributed by atoms with Gasteiger partial charge in [0.15, 0.2) is 0 Å². The van der Waals surface area contributed by atoms with Crippen LogP contribution in [-0.2, 0) is 0 Å². The maximum atomic E-state index is 7.44. The molecule has 2 aromatic heterocycles. The standard InChI is InChI=1S/C16H22GeN2/c1-11-9-16(18-10-15(11)17(4,5)6)14-8-7-12(2)19-13(14)3/h7-10H,1-6H3/i2D3. The van der Waals surface area contributed by atoms with Gasteiger partial charge in [0.25, 0.3) is 0 Å². The second-order valence-electron chi connectivity index (χ2n) is 5.96. The van der Waals surface area contributed by atoms with E-state index in [1.165, 1.54) is 9.96 Å². The van der Waals surface area contributed by atoms with Crippen molar-refractivity contribution in [3.05, 3.63) is 41.3 Å². The van der Waals surface area contributed by atoms with Crippen molar-refractivity contribution in [2.24, 2.45) is 0 Å².